The van der Waals surface area contributed by atoms with Gasteiger partial charge in [-0.2, -0.15) is 4.99 Å². The number of ether oxygens (including phenoxy) is 1. The zero-order valence-electron chi connectivity index (χ0n) is 14.0. The van der Waals surface area contributed by atoms with Crippen molar-refractivity contribution in [2.45, 2.75) is 6.10 Å². The smallest absolute Gasteiger partial charge is 0.314 e. The summed E-state index contributed by atoms with van der Waals surface area (Å²) in [4.78, 5) is 8.91. The fourth-order valence-electron chi connectivity index (χ4n) is 2.85. The van der Waals surface area contributed by atoms with Crippen LogP contribution >= 0.6 is 0 Å². The summed E-state index contributed by atoms with van der Waals surface area (Å²) in [6.07, 6.45) is 1.88. The second-order valence-electron chi connectivity index (χ2n) is 6.00. The van der Waals surface area contributed by atoms with E-state index in [2.05, 4.69) is 58.5 Å². The van der Waals surface area contributed by atoms with E-state index in [9.17, 15) is 0 Å². The van der Waals surface area contributed by atoms with Crippen LogP contribution < -0.4 is 5.49 Å². The maximum atomic E-state index is 5.92. The second kappa shape index (κ2) is 6.77. The Balaban J connectivity index is 1.50. The van der Waals surface area contributed by atoms with Crippen LogP contribution in [0.4, 0.5) is 0 Å². The summed E-state index contributed by atoms with van der Waals surface area (Å²) in [5, 5.41) is 0. The molecule has 4 nitrogen and oxygen atoms in total. The van der Waals surface area contributed by atoms with Crippen molar-refractivity contribution < 1.29 is 4.74 Å². The Labute approximate surface area is 146 Å². The number of aryl methyl sites for hydroxylation is 1. The number of nitrogens with zero attached hydrogens (tertiary/aromatic N) is 3. The molecule has 124 valence electrons. The van der Waals surface area contributed by atoms with Crippen molar-refractivity contribution in [1.29, 1.82) is 0 Å². The zero-order chi connectivity index (χ0) is 17.1. The summed E-state index contributed by atoms with van der Waals surface area (Å²) >= 11 is 0. The third-order valence-corrected chi connectivity index (χ3v) is 4.27. The fraction of sp³-hybridized carbons (Fsp3) is 0.143. The van der Waals surface area contributed by atoms with Gasteiger partial charge in [-0.15, -0.1) is 0 Å². The summed E-state index contributed by atoms with van der Waals surface area (Å²) in [6, 6.07) is 25.1. The molecule has 0 bridgehead atoms. The Morgan fingerprint density at radius 1 is 0.920 bits per heavy atom. The van der Waals surface area contributed by atoms with Crippen LogP contribution in [0.1, 0.15) is 11.7 Å². The minimum Gasteiger partial charge on any atom is -0.453 e. The standard InChI is InChI=1S/C21H19N3O/c1-24-14-6-5-9-20(24)23-21-22-15-19(25-21)18-12-10-17(11-13-18)16-7-3-2-4-8-16/h2-14,19H,15H2,1H3/b23-20+. The lowest BCUT2D eigenvalue weighted by molar-refractivity contribution is 0.226. The van der Waals surface area contributed by atoms with E-state index in [-0.39, 0.29) is 6.10 Å². The first kappa shape index (κ1) is 15.4. The molecule has 1 aromatic heterocycles. The van der Waals surface area contributed by atoms with Gasteiger partial charge in [-0.3, -0.25) is 0 Å². The number of hydrogen-bond donors (Lipinski definition) is 0. The Hall–Kier alpha value is -3.14. The molecule has 4 rings (SSSR count). The van der Waals surface area contributed by atoms with Crippen LogP contribution in [0.3, 0.4) is 0 Å². The lowest BCUT2D eigenvalue weighted by Gasteiger charge is -2.11. The molecule has 0 N–H and O–H groups in total. The van der Waals surface area contributed by atoms with Gasteiger partial charge in [0.15, 0.2) is 0 Å². The van der Waals surface area contributed by atoms with E-state index in [0.717, 1.165) is 11.1 Å². The molecule has 1 unspecified atom stereocenters. The molecule has 25 heavy (non-hydrogen) atoms. The van der Waals surface area contributed by atoms with E-state index in [0.29, 0.717) is 12.6 Å². The number of hydrogen-bond acceptors (Lipinski definition) is 3. The van der Waals surface area contributed by atoms with Gasteiger partial charge in [-0.1, -0.05) is 60.7 Å². The highest BCUT2D eigenvalue weighted by atomic mass is 16.5. The quantitative estimate of drug-likeness (QED) is 0.706. The molecule has 0 spiro atoms. The van der Waals surface area contributed by atoms with Gasteiger partial charge in [0.2, 0.25) is 0 Å². The highest BCUT2D eigenvalue weighted by molar-refractivity contribution is 5.76. The van der Waals surface area contributed by atoms with Crippen LogP contribution in [-0.2, 0) is 11.8 Å². The molecule has 1 aliphatic rings. The topological polar surface area (TPSA) is 38.9 Å². The molecule has 0 amide bonds. The van der Waals surface area contributed by atoms with E-state index < -0.39 is 0 Å². The fourth-order valence-corrected chi connectivity index (χ4v) is 2.85. The first-order valence-electron chi connectivity index (χ1n) is 8.32. The molecule has 0 aliphatic carbocycles. The van der Waals surface area contributed by atoms with E-state index in [1.54, 1.807) is 0 Å². The van der Waals surface area contributed by atoms with Crippen LogP contribution in [-0.4, -0.2) is 17.1 Å². The van der Waals surface area contributed by atoms with E-state index in [4.69, 9.17) is 4.74 Å². The van der Waals surface area contributed by atoms with Crippen molar-refractivity contribution in [2.24, 2.45) is 17.0 Å². The molecule has 0 saturated heterocycles. The maximum absolute atomic E-state index is 5.92. The van der Waals surface area contributed by atoms with Crippen molar-refractivity contribution in [1.82, 2.24) is 4.57 Å². The van der Waals surface area contributed by atoms with Crippen LogP contribution in [0.5, 0.6) is 0 Å². The van der Waals surface area contributed by atoms with Crippen molar-refractivity contribution in [3.63, 3.8) is 0 Å². The second-order valence-corrected chi connectivity index (χ2v) is 6.00. The third kappa shape index (κ3) is 3.38. The van der Waals surface area contributed by atoms with Gasteiger partial charge in [0.05, 0.1) is 6.54 Å². The Bertz CT molecular complexity index is 956. The van der Waals surface area contributed by atoms with Crippen molar-refractivity contribution in [2.75, 3.05) is 6.54 Å². The Morgan fingerprint density at radius 3 is 2.40 bits per heavy atom. The molecular formula is C21H19N3O. The average Bonchev–Trinajstić information content (AvgIpc) is 3.13. The number of amidine groups is 1. The summed E-state index contributed by atoms with van der Waals surface area (Å²) < 4.78 is 7.86. The van der Waals surface area contributed by atoms with Gasteiger partial charge in [0.25, 0.3) is 0 Å². The zero-order valence-corrected chi connectivity index (χ0v) is 14.0. The normalized spacial score (nSPS) is 17.2. The highest BCUT2D eigenvalue weighted by Crippen LogP contribution is 2.26. The summed E-state index contributed by atoms with van der Waals surface area (Å²) in [6.45, 7) is 0.597. The number of pyridine rings is 1. The molecule has 3 aromatic rings. The van der Waals surface area contributed by atoms with Gasteiger partial charge in [0, 0.05) is 13.2 Å². The molecule has 2 aromatic carbocycles. The Kier molecular flexibility index (Phi) is 4.17. The number of aromatic nitrogens is 1. The molecule has 0 fully saturated rings. The van der Waals surface area contributed by atoms with E-state index in [1.165, 1.54) is 11.1 Å². The van der Waals surface area contributed by atoms with Gasteiger partial charge >= 0.3 is 6.02 Å². The largest absolute Gasteiger partial charge is 0.453 e. The van der Waals surface area contributed by atoms with Gasteiger partial charge in [-0.05, 0) is 28.8 Å². The van der Waals surface area contributed by atoms with E-state index >= 15 is 0 Å². The van der Waals surface area contributed by atoms with Crippen LogP contribution in [0.15, 0.2) is 89.0 Å². The predicted molar refractivity (Wildman–Crippen MR) is 99.0 cm³/mol. The third-order valence-electron chi connectivity index (χ3n) is 4.27. The van der Waals surface area contributed by atoms with Crippen molar-refractivity contribution >= 4 is 6.02 Å². The number of aliphatic imine (C=N–C) groups is 1. The SMILES string of the molecule is Cn1cccc/c1=N\C1=NCC(c2ccc(-c3ccccc3)cc2)O1. The lowest BCUT2D eigenvalue weighted by atomic mass is 10.0. The van der Waals surface area contributed by atoms with Crippen LogP contribution in [0.2, 0.25) is 0 Å². The molecule has 0 radical (unpaired) electrons. The van der Waals surface area contributed by atoms with Crippen LogP contribution in [0.25, 0.3) is 11.1 Å². The monoisotopic (exact) mass is 329 g/mol. The van der Waals surface area contributed by atoms with Gasteiger partial charge in [0.1, 0.15) is 11.6 Å². The molecule has 1 aliphatic heterocycles. The summed E-state index contributed by atoms with van der Waals surface area (Å²) in [5.41, 5.74) is 4.35. The summed E-state index contributed by atoms with van der Waals surface area (Å²) in [5.74, 6) is 0. The molecule has 4 heteroatoms. The maximum Gasteiger partial charge on any atom is 0.314 e. The minimum atomic E-state index is -0.0717. The van der Waals surface area contributed by atoms with Gasteiger partial charge < -0.3 is 9.30 Å². The lowest BCUT2D eigenvalue weighted by Crippen LogP contribution is -2.18. The number of rotatable bonds is 2. The van der Waals surface area contributed by atoms with Crippen molar-refractivity contribution in [3.8, 4) is 11.1 Å². The predicted octanol–water partition coefficient (Wildman–Crippen LogP) is 3.72. The molecular weight excluding hydrogens is 310 g/mol. The van der Waals surface area contributed by atoms with E-state index in [1.807, 2.05) is 42.1 Å². The minimum absolute atomic E-state index is 0.0717. The first-order valence-corrected chi connectivity index (χ1v) is 8.32. The first-order chi connectivity index (χ1) is 12.3. The molecule has 0 saturated carbocycles. The Morgan fingerprint density at radius 2 is 1.64 bits per heavy atom. The average molecular weight is 329 g/mol. The molecule has 1 atom stereocenters. The van der Waals surface area contributed by atoms with Crippen LogP contribution in [0, 0.1) is 0 Å². The highest BCUT2D eigenvalue weighted by Gasteiger charge is 2.21. The number of benzene rings is 2. The van der Waals surface area contributed by atoms with Gasteiger partial charge in [-0.25, -0.2) is 4.99 Å². The van der Waals surface area contributed by atoms with Crippen molar-refractivity contribution in [3.05, 3.63) is 90.0 Å². The molecule has 2 heterocycles. The summed E-state index contributed by atoms with van der Waals surface area (Å²) in [7, 11) is 1.95.